The van der Waals surface area contributed by atoms with Gasteiger partial charge in [-0.2, -0.15) is 0 Å². The van der Waals surface area contributed by atoms with E-state index < -0.39 is 23.5 Å². The molecule has 1 amide bonds. The van der Waals surface area contributed by atoms with Crippen LogP contribution in [0.5, 0.6) is 5.75 Å². The SMILES string of the molecule is COc1c(C)cc(C)cc1/C(O)=C1\C(=O)C(=O)N(c2ccc(F)cc2)C1c1ccc(Cl)cc1. The van der Waals surface area contributed by atoms with Gasteiger partial charge in [0.15, 0.2) is 0 Å². The summed E-state index contributed by atoms with van der Waals surface area (Å²) in [6.45, 7) is 3.69. The van der Waals surface area contributed by atoms with Gasteiger partial charge in [-0.1, -0.05) is 29.8 Å². The molecule has 1 aliphatic rings. The molecule has 1 unspecified atom stereocenters. The summed E-state index contributed by atoms with van der Waals surface area (Å²) in [6.07, 6.45) is 0. The number of methoxy groups -OCH3 is 1. The number of halogens is 2. The number of rotatable bonds is 4. The van der Waals surface area contributed by atoms with Gasteiger partial charge in [-0.3, -0.25) is 14.5 Å². The molecule has 5 nitrogen and oxygen atoms in total. The van der Waals surface area contributed by atoms with Crippen molar-refractivity contribution in [1.82, 2.24) is 0 Å². The first-order valence-corrected chi connectivity index (χ1v) is 10.6. The van der Waals surface area contributed by atoms with E-state index in [-0.39, 0.29) is 11.3 Å². The van der Waals surface area contributed by atoms with Crippen LogP contribution in [0.4, 0.5) is 10.1 Å². The second-order valence-electron chi connectivity index (χ2n) is 7.86. The summed E-state index contributed by atoms with van der Waals surface area (Å²) in [4.78, 5) is 27.7. The van der Waals surface area contributed by atoms with Crippen LogP contribution in [0.3, 0.4) is 0 Å². The van der Waals surface area contributed by atoms with Crippen molar-refractivity contribution in [1.29, 1.82) is 0 Å². The molecule has 0 bridgehead atoms. The first-order chi connectivity index (χ1) is 15.7. The standard InChI is InChI=1S/C26H21ClFNO4/c1-14-12-15(2)25(33-3)20(13-14)23(30)21-22(16-4-6-17(27)7-5-16)29(26(32)24(21)31)19-10-8-18(28)9-11-19/h4-13,22,30H,1-3H3/b23-21+. The molecule has 4 rings (SSSR count). The van der Waals surface area contributed by atoms with Crippen LogP contribution in [0, 0.1) is 19.7 Å². The van der Waals surface area contributed by atoms with Gasteiger partial charge in [0.2, 0.25) is 0 Å². The number of aliphatic hydroxyl groups excluding tert-OH is 1. The fourth-order valence-corrected chi connectivity index (χ4v) is 4.33. The van der Waals surface area contributed by atoms with Gasteiger partial charge in [0.1, 0.15) is 17.3 Å². The molecular weight excluding hydrogens is 445 g/mol. The molecule has 0 spiro atoms. The van der Waals surface area contributed by atoms with E-state index in [1.165, 1.54) is 36.3 Å². The highest BCUT2D eigenvalue weighted by atomic mass is 35.5. The summed E-state index contributed by atoms with van der Waals surface area (Å²) in [5, 5.41) is 11.9. The van der Waals surface area contributed by atoms with E-state index in [1.54, 1.807) is 30.3 Å². The van der Waals surface area contributed by atoms with Gasteiger partial charge < -0.3 is 9.84 Å². The minimum absolute atomic E-state index is 0.0880. The Bertz CT molecular complexity index is 1280. The van der Waals surface area contributed by atoms with Crippen molar-refractivity contribution in [3.8, 4) is 5.75 Å². The predicted molar refractivity (Wildman–Crippen MR) is 125 cm³/mol. The number of hydrogen-bond acceptors (Lipinski definition) is 4. The zero-order chi connectivity index (χ0) is 23.9. The molecule has 1 fully saturated rings. The molecule has 1 aliphatic heterocycles. The second-order valence-corrected chi connectivity index (χ2v) is 8.30. The van der Waals surface area contributed by atoms with Crippen LogP contribution in [0.15, 0.2) is 66.2 Å². The van der Waals surface area contributed by atoms with Crippen molar-refractivity contribution >= 4 is 34.7 Å². The Morgan fingerprint density at radius 3 is 2.27 bits per heavy atom. The summed E-state index contributed by atoms with van der Waals surface area (Å²) >= 11 is 6.05. The smallest absolute Gasteiger partial charge is 0.300 e. The fraction of sp³-hybridized carbons (Fsp3) is 0.154. The molecule has 168 valence electrons. The van der Waals surface area contributed by atoms with Crippen LogP contribution in [0.1, 0.15) is 28.3 Å². The molecule has 3 aromatic carbocycles. The number of ketones is 1. The van der Waals surface area contributed by atoms with Crippen molar-refractivity contribution < 1.29 is 23.8 Å². The van der Waals surface area contributed by atoms with E-state index in [1.807, 2.05) is 19.9 Å². The molecule has 0 saturated carbocycles. The molecule has 1 saturated heterocycles. The van der Waals surface area contributed by atoms with E-state index in [9.17, 15) is 19.1 Å². The van der Waals surface area contributed by atoms with E-state index >= 15 is 0 Å². The van der Waals surface area contributed by atoms with E-state index in [0.717, 1.165) is 11.1 Å². The third-order valence-electron chi connectivity index (χ3n) is 5.61. The largest absolute Gasteiger partial charge is 0.507 e. The van der Waals surface area contributed by atoms with Gasteiger partial charge in [-0.15, -0.1) is 0 Å². The monoisotopic (exact) mass is 465 g/mol. The minimum Gasteiger partial charge on any atom is -0.507 e. The highest BCUT2D eigenvalue weighted by molar-refractivity contribution is 6.51. The van der Waals surface area contributed by atoms with E-state index in [2.05, 4.69) is 0 Å². The maximum atomic E-state index is 13.5. The summed E-state index contributed by atoms with van der Waals surface area (Å²) < 4.78 is 19.0. The average molecular weight is 466 g/mol. The van der Waals surface area contributed by atoms with Gasteiger partial charge in [0, 0.05) is 10.7 Å². The van der Waals surface area contributed by atoms with Crippen molar-refractivity contribution in [2.24, 2.45) is 0 Å². The van der Waals surface area contributed by atoms with Crippen LogP contribution in [0.2, 0.25) is 5.02 Å². The molecule has 1 N–H and O–H groups in total. The predicted octanol–water partition coefficient (Wildman–Crippen LogP) is 5.73. The van der Waals surface area contributed by atoms with Crippen molar-refractivity contribution in [2.75, 3.05) is 12.0 Å². The number of amides is 1. The number of Topliss-reactive ketones (excluding diaryl/α,β-unsaturated/α-hetero) is 1. The van der Waals surface area contributed by atoms with Crippen LogP contribution in [-0.4, -0.2) is 23.9 Å². The van der Waals surface area contributed by atoms with E-state index in [0.29, 0.717) is 27.6 Å². The molecular formula is C26H21ClFNO4. The molecule has 0 aliphatic carbocycles. The zero-order valence-electron chi connectivity index (χ0n) is 18.2. The topological polar surface area (TPSA) is 66.8 Å². The number of aliphatic hydroxyl groups is 1. The van der Waals surface area contributed by atoms with E-state index in [4.69, 9.17) is 16.3 Å². The number of anilines is 1. The first-order valence-electron chi connectivity index (χ1n) is 10.2. The summed E-state index contributed by atoms with van der Waals surface area (Å²) in [7, 11) is 1.47. The summed E-state index contributed by atoms with van der Waals surface area (Å²) in [5.74, 6) is -2.09. The number of benzene rings is 3. The summed E-state index contributed by atoms with van der Waals surface area (Å²) in [5.41, 5.74) is 2.74. The van der Waals surface area contributed by atoms with Crippen LogP contribution >= 0.6 is 11.6 Å². The van der Waals surface area contributed by atoms with Gasteiger partial charge in [0.25, 0.3) is 11.7 Å². The molecule has 1 heterocycles. The Balaban J connectivity index is 2.00. The lowest BCUT2D eigenvalue weighted by molar-refractivity contribution is -0.132. The molecule has 1 atom stereocenters. The lowest BCUT2D eigenvalue weighted by Gasteiger charge is -2.25. The van der Waals surface area contributed by atoms with Crippen molar-refractivity contribution in [3.63, 3.8) is 0 Å². The second kappa shape index (κ2) is 8.71. The Kier molecular flexibility index (Phi) is 5.95. The Morgan fingerprint density at radius 1 is 1.03 bits per heavy atom. The number of ether oxygens (including phenoxy) is 1. The van der Waals surface area contributed by atoms with Crippen molar-refractivity contribution in [2.45, 2.75) is 19.9 Å². The maximum absolute atomic E-state index is 13.5. The average Bonchev–Trinajstić information content (AvgIpc) is 3.04. The number of aryl methyl sites for hydroxylation is 2. The minimum atomic E-state index is -0.946. The number of nitrogens with zero attached hydrogens (tertiary/aromatic N) is 1. The lowest BCUT2D eigenvalue weighted by atomic mass is 9.93. The van der Waals surface area contributed by atoms with Crippen LogP contribution in [0.25, 0.3) is 5.76 Å². The van der Waals surface area contributed by atoms with Gasteiger partial charge in [-0.25, -0.2) is 4.39 Å². The van der Waals surface area contributed by atoms with Gasteiger partial charge in [-0.05, 0) is 73.0 Å². The van der Waals surface area contributed by atoms with Crippen molar-refractivity contribution in [3.05, 3.63) is 99.3 Å². The number of hydrogen-bond donors (Lipinski definition) is 1. The van der Waals surface area contributed by atoms with Crippen LogP contribution in [-0.2, 0) is 9.59 Å². The zero-order valence-corrected chi connectivity index (χ0v) is 19.0. The van der Waals surface area contributed by atoms with Crippen LogP contribution < -0.4 is 9.64 Å². The molecule has 7 heteroatoms. The third kappa shape index (κ3) is 3.98. The highest BCUT2D eigenvalue weighted by Crippen LogP contribution is 2.44. The van der Waals surface area contributed by atoms with Gasteiger partial charge in [0.05, 0.1) is 24.3 Å². The first kappa shape index (κ1) is 22.6. The maximum Gasteiger partial charge on any atom is 0.300 e. The lowest BCUT2D eigenvalue weighted by Crippen LogP contribution is -2.29. The Labute approximate surface area is 195 Å². The fourth-order valence-electron chi connectivity index (χ4n) is 4.21. The quantitative estimate of drug-likeness (QED) is 0.303. The molecule has 33 heavy (non-hydrogen) atoms. The number of carbonyl (C=O) groups is 2. The summed E-state index contributed by atoms with van der Waals surface area (Å²) in [6, 6.07) is 14.5. The molecule has 0 aromatic heterocycles. The normalized spacial score (nSPS) is 17.5. The molecule has 0 radical (unpaired) electrons. The third-order valence-corrected chi connectivity index (χ3v) is 5.87. The molecule has 3 aromatic rings. The van der Waals surface area contributed by atoms with Gasteiger partial charge >= 0.3 is 0 Å². The Morgan fingerprint density at radius 2 is 1.67 bits per heavy atom. The number of carbonyl (C=O) groups excluding carboxylic acids is 2. The highest BCUT2D eigenvalue weighted by Gasteiger charge is 2.47. The Hall–Kier alpha value is -3.64.